The number of amides is 1. The van der Waals surface area contributed by atoms with Crippen molar-refractivity contribution in [1.82, 2.24) is 19.5 Å². The molecule has 37 heavy (non-hydrogen) atoms. The van der Waals surface area contributed by atoms with Gasteiger partial charge in [0.15, 0.2) is 0 Å². The Labute approximate surface area is 215 Å². The van der Waals surface area contributed by atoms with E-state index < -0.39 is 16.1 Å². The van der Waals surface area contributed by atoms with Crippen LogP contribution in [0.5, 0.6) is 0 Å². The molecule has 0 saturated carbocycles. The molecular weight excluding hydrogens is 496 g/mol. The van der Waals surface area contributed by atoms with Gasteiger partial charge in [0.05, 0.1) is 24.1 Å². The number of carbonyl (C=O) groups excluding carboxylic acids is 1. The normalized spacial score (nSPS) is 17.4. The third-order valence-corrected chi connectivity index (χ3v) is 8.85. The van der Waals surface area contributed by atoms with Gasteiger partial charge in [0.25, 0.3) is 6.01 Å². The molecule has 3 heterocycles. The number of rotatable bonds is 7. The van der Waals surface area contributed by atoms with Gasteiger partial charge in [0.1, 0.15) is 0 Å². The van der Waals surface area contributed by atoms with Crippen LogP contribution in [0.4, 0.5) is 17.4 Å². The Morgan fingerprint density at radius 2 is 1.78 bits per heavy atom. The summed E-state index contributed by atoms with van der Waals surface area (Å²) in [5, 5.41) is 7.41. The molecule has 2 N–H and O–H groups in total. The summed E-state index contributed by atoms with van der Waals surface area (Å²) in [7, 11) is -2.55. The number of ether oxygens (including phenoxy) is 1. The Bertz CT molecular complexity index is 1410. The van der Waals surface area contributed by atoms with Gasteiger partial charge in [-0.3, -0.25) is 9.48 Å². The van der Waals surface area contributed by atoms with Crippen molar-refractivity contribution in [1.29, 1.82) is 0 Å². The molecule has 12 heteroatoms. The van der Waals surface area contributed by atoms with Gasteiger partial charge in [0, 0.05) is 32.1 Å². The third kappa shape index (κ3) is 4.59. The minimum Gasteiger partial charge on any atom is -0.418 e. The van der Waals surface area contributed by atoms with Crippen molar-refractivity contribution in [2.45, 2.75) is 57.4 Å². The molecule has 1 fully saturated rings. The van der Waals surface area contributed by atoms with Crippen LogP contribution in [-0.4, -0.2) is 48.3 Å². The summed E-state index contributed by atoms with van der Waals surface area (Å²) in [6, 6.07) is 2.14. The predicted octanol–water partition coefficient (Wildman–Crippen LogP) is 2.79. The van der Waals surface area contributed by atoms with E-state index in [4.69, 9.17) is 9.15 Å². The third-order valence-electron chi connectivity index (χ3n) is 7.38. The van der Waals surface area contributed by atoms with E-state index in [9.17, 15) is 13.2 Å². The fourth-order valence-electron chi connectivity index (χ4n) is 5.72. The van der Waals surface area contributed by atoms with Gasteiger partial charge in [-0.2, -0.15) is 13.5 Å². The standard InChI is InChI=1S/C25H30N6O5S/c1-30-15-19(13-27-30)31(18-8-10-35-11-9-18)37(33,34)29-24(32)22-14-26-25(36-22)28-23-20-6-2-4-16(20)12-17-5-3-7-21(17)23/h12-15,18H,2-11H2,1H3,(H,26,28)(H,29,32). The lowest BCUT2D eigenvalue weighted by Gasteiger charge is -2.33. The maximum atomic E-state index is 13.4. The first-order valence-electron chi connectivity index (χ1n) is 12.7. The zero-order chi connectivity index (χ0) is 25.6. The molecule has 0 bridgehead atoms. The van der Waals surface area contributed by atoms with Crippen molar-refractivity contribution in [3.63, 3.8) is 0 Å². The van der Waals surface area contributed by atoms with E-state index in [0.29, 0.717) is 31.7 Å². The number of nitrogens with one attached hydrogen (secondary N) is 2. The minimum atomic E-state index is -4.26. The first-order valence-corrected chi connectivity index (χ1v) is 14.2. The summed E-state index contributed by atoms with van der Waals surface area (Å²) in [6.45, 7) is 0.879. The molecule has 0 atom stereocenters. The highest BCUT2D eigenvalue weighted by Gasteiger charge is 2.35. The van der Waals surface area contributed by atoms with Crippen LogP contribution in [0.3, 0.4) is 0 Å². The monoisotopic (exact) mass is 526 g/mol. The van der Waals surface area contributed by atoms with Gasteiger partial charge in [-0.05, 0) is 73.6 Å². The summed E-state index contributed by atoms with van der Waals surface area (Å²) in [4.78, 5) is 17.2. The largest absolute Gasteiger partial charge is 0.418 e. The quantitative estimate of drug-likeness (QED) is 0.480. The Morgan fingerprint density at radius 3 is 2.43 bits per heavy atom. The van der Waals surface area contributed by atoms with Crippen molar-refractivity contribution in [3.8, 4) is 0 Å². The van der Waals surface area contributed by atoms with Crippen LogP contribution in [-0.2, 0) is 47.7 Å². The number of anilines is 3. The van der Waals surface area contributed by atoms with Crippen LogP contribution in [0, 0.1) is 0 Å². The molecule has 11 nitrogen and oxygen atoms in total. The van der Waals surface area contributed by atoms with Crippen LogP contribution < -0.4 is 14.3 Å². The smallest absolute Gasteiger partial charge is 0.326 e. The number of hydrogen-bond donors (Lipinski definition) is 2. The summed E-state index contributed by atoms with van der Waals surface area (Å²) < 4.78 is 42.8. The zero-order valence-electron chi connectivity index (χ0n) is 20.7. The van der Waals surface area contributed by atoms with Crippen LogP contribution in [0.1, 0.15) is 58.5 Å². The van der Waals surface area contributed by atoms with Crippen molar-refractivity contribution in [2.75, 3.05) is 22.8 Å². The fraction of sp³-hybridized carbons (Fsp3) is 0.480. The van der Waals surface area contributed by atoms with Crippen LogP contribution in [0.15, 0.2) is 29.1 Å². The SMILES string of the molecule is Cn1cc(N(C2CCOCC2)S(=O)(=O)NC(=O)c2cnc(Nc3c4c(cc5c3CCC5)CCC4)o2)cn1. The van der Waals surface area contributed by atoms with E-state index in [-0.39, 0.29) is 17.8 Å². The van der Waals surface area contributed by atoms with E-state index >= 15 is 0 Å². The molecule has 2 aliphatic carbocycles. The number of aromatic nitrogens is 3. The summed E-state index contributed by atoms with van der Waals surface area (Å²) in [6.07, 6.45) is 11.7. The Morgan fingerprint density at radius 1 is 1.08 bits per heavy atom. The van der Waals surface area contributed by atoms with Gasteiger partial charge in [-0.15, -0.1) is 0 Å². The Hall–Kier alpha value is -3.38. The van der Waals surface area contributed by atoms with Crippen molar-refractivity contribution in [2.24, 2.45) is 7.05 Å². The van der Waals surface area contributed by atoms with E-state index in [0.717, 1.165) is 44.2 Å². The van der Waals surface area contributed by atoms with E-state index in [1.165, 1.54) is 43.6 Å². The maximum absolute atomic E-state index is 13.4. The van der Waals surface area contributed by atoms with E-state index in [1.807, 2.05) is 0 Å². The zero-order valence-corrected chi connectivity index (χ0v) is 21.5. The van der Waals surface area contributed by atoms with Crippen molar-refractivity contribution in [3.05, 3.63) is 52.7 Å². The molecule has 2 aromatic heterocycles. The number of nitrogens with zero attached hydrogens (tertiary/aromatic N) is 4. The van der Waals surface area contributed by atoms with Gasteiger partial charge in [-0.25, -0.2) is 14.0 Å². The van der Waals surface area contributed by atoms with E-state index in [2.05, 4.69) is 26.2 Å². The highest BCUT2D eigenvalue weighted by atomic mass is 32.2. The molecule has 196 valence electrons. The second kappa shape index (κ2) is 9.49. The molecule has 0 spiro atoms. The number of benzene rings is 1. The first kappa shape index (κ1) is 24.0. The summed E-state index contributed by atoms with van der Waals surface area (Å²) in [5.41, 5.74) is 6.71. The lowest BCUT2D eigenvalue weighted by molar-refractivity contribution is 0.0873. The molecule has 0 radical (unpaired) electrons. The average Bonchev–Trinajstić information content (AvgIpc) is 3.67. The molecule has 1 saturated heterocycles. The molecular formula is C25H30N6O5S. The first-order chi connectivity index (χ1) is 17.9. The number of oxazole rings is 1. The lowest BCUT2D eigenvalue weighted by atomic mass is 9.99. The van der Waals surface area contributed by atoms with Crippen molar-refractivity contribution < 1.29 is 22.4 Å². The van der Waals surface area contributed by atoms with Crippen LogP contribution in [0.25, 0.3) is 0 Å². The second-order valence-corrected chi connectivity index (χ2v) is 11.4. The fourth-order valence-corrected chi connectivity index (χ4v) is 7.12. The number of fused-ring (bicyclic) bond motifs is 2. The molecule has 1 aromatic carbocycles. The summed E-state index contributed by atoms with van der Waals surface area (Å²) >= 11 is 0. The molecule has 3 aliphatic rings. The Balaban J connectivity index is 1.23. The topological polar surface area (TPSA) is 132 Å². The molecule has 1 amide bonds. The second-order valence-electron chi connectivity index (χ2n) is 9.84. The highest BCUT2D eigenvalue weighted by Crippen LogP contribution is 2.39. The Kier molecular flexibility index (Phi) is 6.15. The number of carbonyl (C=O) groups is 1. The average molecular weight is 527 g/mol. The van der Waals surface area contributed by atoms with Crippen LogP contribution in [0.2, 0.25) is 0 Å². The highest BCUT2D eigenvalue weighted by molar-refractivity contribution is 7.91. The molecule has 0 unspecified atom stereocenters. The predicted molar refractivity (Wildman–Crippen MR) is 136 cm³/mol. The van der Waals surface area contributed by atoms with Gasteiger partial charge >= 0.3 is 16.1 Å². The van der Waals surface area contributed by atoms with Gasteiger partial charge in [-0.1, -0.05) is 6.07 Å². The van der Waals surface area contributed by atoms with Gasteiger partial charge < -0.3 is 14.5 Å². The number of aryl methyl sites for hydroxylation is 3. The minimum absolute atomic E-state index is 0.172. The molecule has 6 rings (SSSR count). The molecule has 3 aromatic rings. The molecule has 1 aliphatic heterocycles. The lowest BCUT2D eigenvalue weighted by Crippen LogP contribution is -2.50. The van der Waals surface area contributed by atoms with Gasteiger partial charge in [0.2, 0.25) is 5.76 Å². The van der Waals surface area contributed by atoms with Crippen LogP contribution >= 0.6 is 0 Å². The van der Waals surface area contributed by atoms with E-state index in [1.54, 1.807) is 13.2 Å². The maximum Gasteiger partial charge on any atom is 0.326 e. The number of hydrogen-bond acceptors (Lipinski definition) is 8. The van der Waals surface area contributed by atoms with Crippen molar-refractivity contribution >= 4 is 33.5 Å². The summed E-state index contributed by atoms with van der Waals surface area (Å²) in [5.74, 6) is -1.07.